The predicted octanol–water partition coefficient (Wildman–Crippen LogP) is 6.77. The standard InChI is InChI=1S/C26H39BrN4O5Si/c1-26(2,3)36-24(32)28-13-9-8-10-23-30-22(17-31(23)18-35-14-15-37(5,6)7)20-12-11-19(16-21(20)27)29-25(33)34-4/h9,11-13,16-17H,8,10,14-15,18H2,1-7H3,(H,28,32)(H,29,33). The van der Waals surface area contributed by atoms with Crippen LogP contribution in [0.4, 0.5) is 15.3 Å². The number of amides is 2. The van der Waals surface area contributed by atoms with Crippen molar-refractivity contribution in [3.63, 3.8) is 0 Å². The van der Waals surface area contributed by atoms with Crippen LogP contribution in [0.25, 0.3) is 11.3 Å². The third-order valence-corrected chi connectivity index (χ3v) is 7.38. The van der Waals surface area contributed by atoms with Crippen molar-refractivity contribution in [1.82, 2.24) is 14.9 Å². The highest BCUT2D eigenvalue weighted by molar-refractivity contribution is 9.10. The molecule has 0 aliphatic carbocycles. The van der Waals surface area contributed by atoms with E-state index in [0.29, 0.717) is 31.9 Å². The molecule has 2 N–H and O–H groups in total. The Morgan fingerprint density at radius 1 is 1.19 bits per heavy atom. The summed E-state index contributed by atoms with van der Waals surface area (Å²) in [4.78, 5) is 28.2. The molecule has 204 valence electrons. The average molecular weight is 596 g/mol. The first-order valence-electron chi connectivity index (χ1n) is 12.2. The van der Waals surface area contributed by atoms with Crippen LogP contribution < -0.4 is 10.6 Å². The van der Waals surface area contributed by atoms with E-state index in [-0.39, 0.29) is 0 Å². The molecule has 1 aromatic carbocycles. The zero-order valence-corrected chi connectivity index (χ0v) is 25.4. The van der Waals surface area contributed by atoms with Crippen molar-refractivity contribution in [2.45, 2.75) is 71.6 Å². The van der Waals surface area contributed by atoms with E-state index in [9.17, 15) is 9.59 Å². The third kappa shape index (κ3) is 11.5. The number of benzene rings is 1. The highest BCUT2D eigenvalue weighted by Crippen LogP contribution is 2.30. The van der Waals surface area contributed by atoms with Gasteiger partial charge in [0.1, 0.15) is 18.2 Å². The van der Waals surface area contributed by atoms with E-state index < -0.39 is 25.9 Å². The molecule has 1 aromatic heterocycles. The van der Waals surface area contributed by atoms with Crippen LogP contribution in [0.2, 0.25) is 25.7 Å². The Hall–Kier alpha value is -2.63. The van der Waals surface area contributed by atoms with Crippen LogP contribution in [0.3, 0.4) is 0 Å². The van der Waals surface area contributed by atoms with Gasteiger partial charge in [0.25, 0.3) is 0 Å². The number of aromatic nitrogens is 2. The predicted molar refractivity (Wildman–Crippen MR) is 152 cm³/mol. The second kappa shape index (κ2) is 13.8. The molecule has 11 heteroatoms. The number of aryl methyl sites for hydroxylation is 1. The maximum atomic E-state index is 11.8. The van der Waals surface area contributed by atoms with E-state index in [4.69, 9.17) is 14.5 Å². The van der Waals surface area contributed by atoms with Crippen molar-refractivity contribution < 1.29 is 23.8 Å². The molecule has 0 aliphatic rings. The van der Waals surface area contributed by atoms with Gasteiger partial charge < -0.3 is 18.8 Å². The van der Waals surface area contributed by atoms with Crippen LogP contribution in [0, 0.1) is 0 Å². The molecule has 0 unspecified atom stereocenters. The molecular formula is C26H39BrN4O5Si. The monoisotopic (exact) mass is 594 g/mol. The first-order chi connectivity index (χ1) is 17.3. The zero-order chi connectivity index (χ0) is 27.6. The van der Waals surface area contributed by atoms with E-state index in [0.717, 1.165) is 27.6 Å². The van der Waals surface area contributed by atoms with Crippen LogP contribution >= 0.6 is 15.9 Å². The van der Waals surface area contributed by atoms with Crippen molar-refractivity contribution in [1.29, 1.82) is 0 Å². The Kier molecular flexibility index (Phi) is 11.4. The summed E-state index contributed by atoms with van der Waals surface area (Å²) < 4.78 is 18.7. The highest BCUT2D eigenvalue weighted by Gasteiger charge is 2.16. The lowest BCUT2D eigenvalue weighted by Crippen LogP contribution is -2.29. The zero-order valence-electron chi connectivity index (χ0n) is 22.8. The topological polar surface area (TPSA) is 104 Å². The van der Waals surface area contributed by atoms with Crippen molar-refractivity contribution in [2.75, 3.05) is 19.0 Å². The first kappa shape index (κ1) is 30.6. The minimum atomic E-state index is -1.19. The number of hydrogen-bond donors (Lipinski definition) is 2. The number of rotatable bonds is 11. The molecule has 0 aliphatic heterocycles. The Morgan fingerprint density at radius 3 is 2.54 bits per heavy atom. The minimum Gasteiger partial charge on any atom is -0.453 e. The summed E-state index contributed by atoms with van der Waals surface area (Å²) >= 11 is 3.59. The number of imidazole rings is 1. The number of alkyl carbamates (subject to hydrolysis) is 1. The largest absolute Gasteiger partial charge is 0.453 e. The molecule has 0 radical (unpaired) electrons. The molecule has 2 rings (SSSR count). The van der Waals surface area contributed by atoms with Gasteiger partial charge in [-0.3, -0.25) is 10.6 Å². The molecule has 2 amide bonds. The van der Waals surface area contributed by atoms with Gasteiger partial charge in [0, 0.05) is 49.2 Å². The van der Waals surface area contributed by atoms with Gasteiger partial charge in [-0.1, -0.05) is 41.6 Å². The number of ether oxygens (including phenoxy) is 3. The molecule has 0 bridgehead atoms. The Balaban J connectivity index is 2.13. The van der Waals surface area contributed by atoms with Gasteiger partial charge in [-0.2, -0.15) is 0 Å². The van der Waals surface area contributed by atoms with Gasteiger partial charge in [0.15, 0.2) is 0 Å². The van der Waals surface area contributed by atoms with Crippen LogP contribution in [0.1, 0.15) is 33.0 Å². The number of methoxy groups -OCH3 is 1. The second-order valence-electron chi connectivity index (χ2n) is 10.8. The summed E-state index contributed by atoms with van der Waals surface area (Å²) in [6, 6.07) is 6.58. The summed E-state index contributed by atoms with van der Waals surface area (Å²) in [5, 5.41) is 5.28. The Labute approximate surface area is 229 Å². The third-order valence-electron chi connectivity index (χ3n) is 5.02. The van der Waals surface area contributed by atoms with E-state index in [2.05, 4.69) is 50.9 Å². The molecule has 0 atom stereocenters. The van der Waals surface area contributed by atoms with Crippen molar-refractivity contribution in [3.8, 4) is 11.3 Å². The number of carbonyl (C=O) groups is 2. The Morgan fingerprint density at radius 2 is 1.92 bits per heavy atom. The average Bonchev–Trinajstić information content (AvgIpc) is 3.17. The van der Waals surface area contributed by atoms with Gasteiger partial charge in [0.05, 0.1) is 12.8 Å². The maximum Gasteiger partial charge on any atom is 0.411 e. The van der Waals surface area contributed by atoms with Gasteiger partial charge in [0.2, 0.25) is 0 Å². The SMILES string of the molecule is COC(=O)Nc1ccc(-c2cn(COCC[Si](C)(C)C)c(CCC=CNC(=O)OC(C)(C)C)n2)c(Br)c1. The van der Waals surface area contributed by atoms with Gasteiger partial charge in [-0.25, -0.2) is 14.6 Å². The summed E-state index contributed by atoms with van der Waals surface area (Å²) in [7, 11) is 0.133. The number of nitrogens with one attached hydrogen (secondary N) is 2. The molecule has 2 aromatic rings. The number of allylic oxidation sites excluding steroid dienone is 1. The van der Waals surface area contributed by atoms with Crippen molar-refractivity contribution in [2.24, 2.45) is 0 Å². The van der Waals surface area contributed by atoms with Gasteiger partial charge >= 0.3 is 12.2 Å². The van der Waals surface area contributed by atoms with E-state index >= 15 is 0 Å². The van der Waals surface area contributed by atoms with Crippen LogP contribution in [-0.2, 0) is 27.4 Å². The molecule has 9 nitrogen and oxygen atoms in total. The summed E-state index contributed by atoms with van der Waals surface area (Å²) in [6.07, 6.45) is 5.75. The van der Waals surface area contributed by atoms with E-state index in [1.54, 1.807) is 18.3 Å². The lowest BCUT2D eigenvalue weighted by atomic mass is 10.1. The normalized spacial score (nSPS) is 12.0. The minimum absolute atomic E-state index is 0.409. The lowest BCUT2D eigenvalue weighted by molar-refractivity contribution is 0.0552. The van der Waals surface area contributed by atoms with Crippen LogP contribution in [0.15, 0.2) is 41.1 Å². The van der Waals surface area contributed by atoms with Gasteiger partial charge in [-0.15, -0.1) is 0 Å². The quantitative estimate of drug-likeness (QED) is 0.219. The van der Waals surface area contributed by atoms with Crippen LogP contribution in [0.5, 0.6) is 0 Å². The number of anilines is 1. The molecule has 0 spiro atoms. The van der Waals surface area contributed by atoms with Crippen LogP contribution in [-0.4, -0.2) is 49.1 Å². The lowest BCUT2D eigenvalue weighted by Gasteiger charge is -2.18. The highest BCUT2D eigenvalue weighted by atomic mass is 79.9. The fourth-order valence-corrected chi connectivity index (χ4v) is 4.47. The number of carbonyl (C=O) groups excluding carboxylic acids is 2. The maximum absolute atomic E-state index is 11.8. The number of hydrogen-bond acceptors (Lipinski definition) is 6. The summed E-state index contributed by atoms with van der Waals surface area (Å²) in [5.74, 6) is 0.869. The van der Waals surface area contributed by atoms with Crippen molar-refractivity contribution in [3.05, 3.63) is 47.0 Å². The molecule has 37 heavy (non-hydrogen) atoms. The van der Waals surface area contributed by atoms with Crippen molar-refractivity contribution >= 4 is 41.9 Å². The smallest absolute Gasteiger partial charge is 0.411 e. The second-order valence-corrected chi connectivity index (χ2v) is 17.2. The fourth-order valence-electron chi connectivity index (χ4n) is 3.14. The number of nitrogens with zero attached hydrogens (tertiary/aromatic N) is 2. The van der Waals surface area contributed by atoms with E-state index in [1.165, 1.54) is 7.11 Å². The summed E-state index contributed by atoms with van der Waals surface area (Å²) in [6.45, 7) is 13.6. The molecular weight excluding hydrogens is 556 g/mol. The van der Waals surface area contributed by atoms with E-state index in [1.807, 2.05) is 43.7 Å². The molecule has 0 fully saturated rings. The number of halogens is 1. The molecule has 1 heterocycles. The Bertz CT molecular complexity index is 1090. The molecule has 0 saturated carbocycles. The first-order valence-corrected chi connectivity index (χ1v) is 16.7. The fraction of sp³-hybridized carbons (Fsp3) is 0.500. The summed E-state index contributed by atoms with van der Waals surface area (Å²) in [5.41, 5.74) is 1.74. The van der Waals surface area contributed by atoms with Gasteiger partial charge in [-0.05, 0) is 51.4 Å². The molecule has 0 saturated heterocycles.